The summed E-state index contributed by atoms with van der Waals surface area (Å²) in [6.07, 6.45) is 0. The quantitative estimate of drug-likeness (QED) is 0.825. The van der Waals surface area contributed by atoms with Gasteiger partial charge in [-0.25, -0.2) is 9.59 Å². The molecule has 0 bridgehead atoms. The highest BCUT2D eigenvalue weighted by Gasteiger charge is 2.11. The maximum Gasteiger partial charge on any atom is 0.335 e. The first kappa shape index (κ1) is 13.2. The van der Waals surface area contributed by atoms with Gasteiger partial charge in [-0.3, -0.25) is 0 Å². The number of methoxy groups -OCH3 is 1. The number of hydrogen-bond acceptors (Lipinski definition) is 3. The van der Waals surface area contributed by atoms with Gasteiger partial charge in [0, 0.05) is 0 Å². The van der Waals surface area contributed by atoms with Gasteiger partial charge in [0.2, 0.25) is 0 Å². The van der Waals surface area contributed by atoms with Crippen LogP contribution >= 0.6 is 12.4 Å². The number of benzene rings is 1. The van der Waals surface area contributed by atoms with E-state index in [0.717, 1.165) is 6.07 Å². The summed E-state index contributed by atoms with van der Waals surface area (Å²) >= 11 is 0. The van der Waals surface area contributed by atoms with E-state index in [1.165, 1.54) is 19.2 Å². The molecule has 0 saturated carbocycles. The molecule has 0 heterocycles. The van der Waals surface area contributed by atoms with Crippen LogP contribution in [0.5, 0.6) is 5.75 Å². The topological polar surface area (TPSA) is 83.8 Å². The summed E-state index contributed by atoms with van der Waals surface area (Å²) in [5.74, 6) is -2.17. The number of ether oxygens (including phenoxy) is 1. The molecule has 0 unspecified atom stereocenters. The largest absolute Gasteiger partial charge is 0.497 e. The molecule has 0 aromatic heterocycles. The summed E-state index contributed by atoms with van der Waals surface area (Å²) in [7, 11) is 1.34. The molecule has 1 aromatic rings. The van der Waals surface area contributed by atoms with Crippen LogP contribution < -0.4 is 4.74 Å². The summed E-state index contributed by atoms with van der Waals surface area (Å²) in [5.41, 5.74) is -0.219. The zero-order valence-electron chi connectivity index (χ0n) is 7.76. The zero-order chi connectivity index (χ0) is 10.7. The van der Waals surface area contributed by atoms with Gasteiger partial charge in [0.05, 0.1) is 18.2 Å². The average molecular weight is 233 g/mol. The highest BCUT2D eigenvalue weighted by molar-refractivity contribution is 5.94. The van der Waals surface area contributed by atoms with Gasteiger partial charge in [0.25, 0.3) is 0 Å². The standard InChI is InChI=1S/C9H8O5.ClH/c1-14-7-3-5(8(10)11)2-6(4-7)9(12)13;/h2-4H,1H3,(H,10,11)(H,12,13);1H. The molecule has 15 heavy (non-hydrogen) atoms. The number of rotatable bonds is 3. The second-order valence-electron chi connectivity index (χ2n) is 2.56. The van der Waals surface area contributed by atoms with Crippen LogP contribution in [-0.4, -0.2) is 29.3 Å². The Hall–Kier alpha value is -1.75. The highest BCUT2D eigenvalue weighted by Crippen LogP contribution is 2.16. The first-order valence-electron chi connectivity index (χ1n) is 3.70. The lowest BCUT2D eigenvalue weighted by molar-refractivity contribution is 0.0696. The Bertz CT molecular complexity index is 356. The van der Waals surface area contributed by atoms with E-state index in [9.17, 15) is 9.59 Å². The minimum absolute atomic E-state index is 0. The molecule has 6 heteroatoms. The molecule has 82 valence electrons. The Labute approximate surface area is 91.7 Å². The summed E-state index contributed by atoms with van der Waals surface area (Å²) in [6.45, 7) is 0. The number of halogens is 1. The Morgan fingerprint density at radius 3 is 1.73 bits per heavy atom. The summed E-state index contributed by atoms with van der Waals surface area (Å²) < 4.78 is 4.77. The van der Waals surface area contributed by atoms with E-state index < -0.39 is 11.9 Å². The van der Waals surface area contributed by atoms with Crippen molar-refractivity contribution in [3.05, 3.63) is 29.3 Å². The van der Waals surface area contributed by atoms with Crippen LogP contribution in [0.15, 0.2) is 18.2 Å². The van der Waals surface area contributed by atoms with E-state index in [-0.39, 0.29) is 29.3 Å². The monoisotopic (exact) mass is 232 g/mol. The lowest BCUT2D eigenvalue weighted by Gasteiger charge is -2.03. The average Bonchev–Trinajstić information content (AvgIpc) is 2.16. The highest BCUT2D eigenvalue weighted by atomic mass is 35.5. The summed E-state index contributed by atoms with van der Waals surface area (Å²) in [5, 5.41) is 17.3. The van der Waals surface area contributed by atoms with Gasteiger partial charge >= 0.3 is 11.9 Å². The fourth-order valence-corrected chi connectivity index (χ4v) is 0.964. The molecule has 1 aromatic carbocycles. The van der Waals surface area contributed by atoms with E-state index >= 15 is 0 Å². The number of carbonyl (C=O) groups is 2. The normalized spacial score (nSPS) is 8.87. The van der Waals surface area contributed by atoms with Crippen molar-refractivity contribution in [2.45, 2.75) is 0 Å². The third-order valence-corrected chi connectivity index (χ3v) is 1.64. The van der Waals surface area contributed by atoms with Crippen molar-refractivity contribution in [2.24, 2.45) is 0 Å². The van der Waals surface area contributed by atoms with E-state index in [2.05, 4.69) is 0 Å². The maximum atomic E-state index is 10.6. The van der Waals surface area contributed by atoms with Crippen molar-refractivity contribution in [1.29, 1.82) is 0 Å². The van der Waals surface area contributed by atoms with Crippen LogP contribution in [0, 0.1) is 0 Å². The van der Waals surface area contributed by atoms with Gasteiger partial charge in [0.1, 0.15) is 5.75 Å². The van der Waals surface area contributed by atoms with Gasteiger partial charge in [0.15, 0.2) is 0 Å². The predicted molar refractivity (Wildman–Crippen MR) is 54.2 cm³/mol. The second kappa shape index (κ2) is 5.21. The Morgan fingerprint density at radius 1 is 1.07 bits per heavy atom. The van der Waals surface area contributed by atoms with Crippen LogP contribution in [0.1, 0.15) is 20.7 Å². The van der Waals surface area contributed by atoms with Crippen molar-refractivity contribution < 1.29 is 24.5 Å². The molecule has 2 N–H and O–H groups in total. The van der Waals surface area contributed by atoms with Crippen molar-refractivity contribution in [3.63, 3.8) is 0 Å². The van der Waals surface area contributed by atoms with Crippen LogP contribution in [0.4, 0.5) is 0 Å². The first-order valence-corrected chi connectivity index (χ1v) is 3.70. The molecule has 0 radical (unpaired) electrons. The van der Waals surface area contributed by atoms with Crippen LogP contribution in [-0.2, 0) is 0 Å². The summed E-state index contributed by atoms with van der Waals surface area (Å²) in [6, 6.07) is 3.59. The van der Waals surface area contributed by atoms with E-state index in [1.54, 1.807) is 0 Å². The van der Waals surface area contributed by atoms with Gasteiger partial charge in [-0.2, -0.15) is 0 Å². The molecular weight excluding hydrogens is 224 g/mol. The van der Waals surface area contributed by atoms with E-state index in [4.69, 9.17) is 14.9 Å². The molecule has 0 spiro atoms. The van der Waals surface area contributed by atoms with Crippen LogP contribution in [0.2, 0.25) is 0 Å². The molecule has 5 nitrogen and oxygen atoms in total. The maximum absolute atomic E-state index is 10.6. The Balaban J connectivity index is 0.00000196. The molecule has 0 aliphatic rings. The van der Waals surface area contributed by atoms with Crippen LogP contribution in [0.25, 0.3) is 0 Å². The van der Waals surface area contributed by atoms with Gasteiger partial charge in [-0.1, -0.05) is 0 Å². The third kappa shape index (κ3) is 3.14. The molecule has 1 rings (SSSR count). The first-order chi connectivity index (χ1) is 6.54. The summed E-state index contributed by atoms with van der Waals surface area (Å²) in [4.78, 5) is 21.2. The molecule has 0 saturated heterocycles. The van der Waals surface area contributed by atoms with Crippen molar-refractivity contribution in [1.82, 2.24) is 0 Å². The second-order valence-corrected chi connectivity index (χ2v) is 2.56. The Kier molecular flexibility index (Phi) is 4.60. The molecule has 0 amide bonds. The van der Waals surface area contributed by atoms with Crippen molar-refractivity contribution in [2.75, 3.05) is 7.11 Å². The van der Waals surface area contributed by atoms with E-state index in [1.807, 2.05) is 0 Å². The van der Waals surface area contributed by atoms with Crippen molar-refractivity contribution >= 4 is 24.3 Å². The SMILES string of the molecule is COc1cc(C(=O)O)cc(C(=O)O)c1.Cl. The lowest BCUT2D eigenvalue weighted by atomic mass is 10.1. The minimum Gasteiger partial charge on any atom is -0.497 e. The molecule has 0 aliphatic heterocycles. The molecular formula is C9H9ClO5. The fraction of sp³-hybridized carbons (Fsp3) is 0.111. The number of carboxylic acid groups (broad SMARTS) is 2. The van der Waals surface area contributed by atoms with Crippen LogP contribution in [0.3, 0.4) is 0 Å². The van der Waals surface area contributed by atoms with Gasteiger partial charge < -0.3 is 14.9 Å². The van der Waals surface area contributed by atoms with Crippen molar-refractivity contribution in [3.8, 4) is 5.75 Å². The van der Waals surface area contributed by atoms with Gasteiger partial charge in [-0.05, 0) is 18.2 Å². The molecule has 0 atom stereocenters. The zero-order valence-corrected chi connectivity index (χ0v) is 8.58. The fourth-order valence-electron chi connectivity index (χ4n) is 0.964. The third-order valence-electron chi connectivity index (χ3n) is 1.64. The number of carboxylic acids is 2. The minimum atomic E-state index is -1.19. The molecule has 0 aliphatic carbocycles. The number of hydrogen-bond donors (Lipinski definition) is 2. The van der Waals surface area contributed by atoms with E-state index in [0.29, 0.717) is 0 Å². The number of aromatic carboxylic acids is 2. The van der Waals surface area contributed by atoms with Gasteiger partial charge in [-0.15, -0.1) is 12.4 Å². The Morgan fingerprint density at radius 2 is 1.47 bits per heavy atom. The smallest absolute Gasteiger partial charge is 0.335 e. The lowest BCUT2D eigenvalue weighted by Crippen LogP contribution is -2.03. The molecule has 0 fully saturated rings. The predicted octanol–water partition coefficient (Wildman–Crippen LogP) is 1.51.